The van der Waals surface area contributed by atoms with Crippen molar-refractivity contribution in [2.45, 2.75) is 20.3 Å². The standard InChI is InChI=1S/C15H18N4O2S/c1-3-7-17-12(20)9-18-14(21)13-10(2)19-15(22-13)11-6-4-5-8-16-11/h4-6,8H,3,7,9H2,1-2H3,(H,17,20)(H,18,21). The predicted octanol–water partition coefficient (Wildman–Crippen LogP) is 1.77. The highest BCUT2D eigenvalue weighted by molar-refractivity contribution is 7.17. The van der Waals surface area contributed by atoms with Gasteiger partial charge >= 0.3 is 0 Å². The zero-order chi connectivity index (χ0) is 15.9. The molecule has 22 heavy (non-hydrogen) atoms. The zero-order valence-electron chi connectivity index (χ0n) is 12.5. The van der Waals surface area contributed by atoms with Gasteiger partial charge in [-0.05, 0) is 25.5 Å². The number of nitrogens with one attached hydrogen (secondary N) is 2. The molecule has 0 aliphatic rings. The van der Waals surface area contributed by atoms with Crippen LogP contribution in [0.1, 0.15) is 28.7 Å². The minimum Gasteiger partial charge on any atom is -0.355 e. The highest BCUT2D eigenvalue weighted by Crippen LogP contribution is 2.26. The Kier molecular flexibility index (Phi) is 5.60. The first kappa shape index (κ1) is 16.1. The molecule has 2 aromatic rings. The van der Waals surface area contributed by atoms with E-state index in [2.05, 4.69) is 20.6 Å². The Morgan fingerprint density at radius 2 is 2.09 bits per heavy atom. The monoisotopic (exact) mass is 318 g/mol. The van der Waals surface area contributed by atoms with Gasteiger partial charge in [0.25, 0.3) is 5.91 Å². The average molecular weight is 318 g/mol. The number of aryl methyl sites for hydroxylation is 1. The maximum atomic E-state index is 12.1. The van der Waals surface area contributed by atoms with E-state index in [0.717, 1.165) is 12.1 Å². The lowest BCUT2D eigenvalue weighted by Gasteiger charge is -2.04. The largest absolute Gasteiger partial charge is 0.355 e. The van der Waals surface area contributed by atoms with Crippen LogP contribution >= 0.6 is 11.3 Å². The normalized spacial score (nSPS) is 10.3. The number of carbonyl (C=O) groups excluding carboxylic acids is 2. The highest BCUT2D eigenvalue weighted by atomic mass is 32.1. The molecule has 116 valence electrons. The van der Waals surface area contributed by atoms with Gasteiger partial charge < -0.3 is 10.6 Å². The lowest BCUT2D eigenvalue weighted by Crippen LogP contribution is -2.37. The molecule has 0 unspecified atom stereocenters. The molecule has 0 aliphatic heterocycles. The number of thiazole rings is 1. The van der Waals surface area contributed by atoms with Crippen LogP contribution in [0.3, 0.4) is 0 Å². The highest BCUT2D eigenvalue weighted by Gasteiger charge is 2.17. The van der Waals surface area contributed by atoms with Crippen LogP contribution in [0.4, 0.5) is 0 Å². The second kappa shape index (κ2) is 7.65. The molecule has 2 heterocycles. The molecule has 7 heteroatoms. The number of amides is 2. The molecule has 0 saturated carbocycles. The smallest absolute Gasteiger partial charge is 0.263 e. The van der Waals surface area contributed by atoms with Crippen molar-refractivity contribution >= 4 is 23.2 Å². The van der Waals surface area contributed by atoms with Gasteiger partial charge in [0.15, 0.2) is 0 Å². The van der Waals surface area contributed by atoms with Crippen molar-refractivity contribution < 1.29 is 9.59 Å². The van der Waals surface area contributed by atoms with Gasteiger partial charge in [-0.2, -0.15) is 0 Å². The third-order valence-electron chi connectivity index (χ3n) is 2.87. The molecule has 0 atom stereocenters. The van der Waals surface area contributed by atoms with Crippen molar-refractivity contribution in [2.24, 2.45) is 0 Å². The van der Waals surface area contributed by atoms with Crippen LogP contribution in [0.25, 0.3) is 10.7 Å². The van der Waals surface area contributed by atoms with Crippen molar-refractivity contribution in [1.82, 2.24) is 20.6 Å². The summed E-state index contributed by atoms with van der Waals surface area (Å²) in [6, 6.07) is 5.54. The van der Waals surface area contributed by atoms with E-state index in [9.17, 15) is 9.59 Å². The average Bonchev–Trinajstić information content (AvgIpc) is 2.93. The third kappa shape index (κ3) is 4.11. The number of hydrogen-bond donors (Lipinski definition) is 2. The molecule has 2 rings (SSSR count). The van der Waals surface area contributed by atoms with Crippen LogP contribution < -0.4 is 10.6 Å². The first-order chi connectivity index (χ1) is 10.6. The lowest BCUT2D eigenvalue weighted by atomic mass is 10.3. The SMILES string of the molecule is CCCNC(=O)CNC(=O)c1sc(-c2ccccn2)nc1C. The van der Waals surface area contributed by atoms with Crippen molar-refractivity contribution in [2.75, 3.05) is 13.1 Å². The molecule has 0 aliphatic carbocycles. The summed E-state index contributed by atoms with van der Waals surface area (Å²) in [7, 11) is 0. The molecular weight excluding hydrogens is 300 g/mol. The summed E-state index contributed by atoms with van der Waals surface area (Å²) in [5.74, 6) is -0.480. The molecule has 0 aromatic carbocycles. The van der Waals surface area contributed by atoms with Gasteiger partial charge in [-0.25, -0.2) is 4.98 Å². The van der Waals surface area contributed by atoms with E-state index in [0.29, 0.717) is 22.1 Å². The van der Waals surface area contributed by atoms with Crippen LogP contribution in [0.5, 0.6) is 0 Å². The quantitative estimate of drug-likeness (QED) is 0.850. The fourth-order valence-electron chi connectivity index (χ4n) is 1.77. The van der Waals surface area contributed by atoms with Gasteiger partial charge in [0.2, 0.25) is 5.91 Å². The summed E-state index contributed by atoms with van der Waals surface area (Å²) >= 11 is 1.27. The van der Waals surface area contributed by atoms with Gasteiger partial charge in [-0.15, -0.1) is 11.3 Å². The van der Waals surface area contributed by atoms with E-state index in [-0.39, 0.29) is 18.4 Å². The first-order valence-electron chi connectivity index (χ1n) is 7.05. The van der Waals surface area contributed by atoms with Crippen LogP contribution in [0, 0.1) is 6.92 Å². The van der Waals surface area contributed by atoms with Gasteiger partial charge in [0.1, 0.15) is 9.88 Å². The maximum absolute atomic E-state index is 12.1. The van der Waals surface area contributed by atoms with Gasteiger partial charge in [-0.3, -0.25) is 14.6 Å². The molecule has 0 bridgehead atoms. The Hall–Kier alpha value is -2.28. The summed E-state index contributed by atoms with van der Waals surface area (Å²) in [6.07, 6.45) is 2.55. The summed E-state index contributed by atoms with van der Waals surface area (Å²) in [5.41, 5.74) is 1.37. The molecule has 2 N–H and O–H groups in total. The lowest BCUT2D eigenvalue weighted by molar-refractivity contribution is -0.120. The Balaban J connectivity index is 2.02. The van der Waals surface area contributed by atoms with Crippen LogP contribution in [0.15, 0.2) is 24.4 Å². The molecule has 2 amide bonds. The fraction of sp³-hybridized carbons (Fsp3) is 0.333. The molecule has 0 spiro atoms. The topological polar surface area (TPSA) is 84.0 Å². The van der Waals surface area contributed by atoms with Crippen molar-refractivity contribution in [1.29, 1.82) is 0 Å². The molecule has 6 nitrogen and oxygen atoms in total. The van der Waals surface area contributed by atoms with Gasteiger partial charge in [0.05, 0.1) is 17.9 Å². The van der Waals surface area contributed by atoms with Gasteiger partial charge in [-0.1, -0.05) is 13.0 Å². The van der Waals surface area contributed by atoms with E-state index in [1.165, 1.54) is 11.3 Å². The molecule has 0 saturated heterocycles. The number of nitrogens with zero attached hydrogens (tertiary/aromatic N) is 2. The van der Waals surface area contributed by atoms with Crippen molar-refractivity contribution in [3.63, 3.8) is 0 Å². The van der Waals surface area contributed by atoms with E-state index in [4.69, 9.17) is 0 Å². The van der Waals surface area contributed by atoms with Crippen LogP contribution in [0.2, 0.25) is 0 Å². The number of aromatic nitrogens is 2. The Morgan fingerprint density at radius 1 is 1.27 bits per heavy atom. The summed E-state index contributed by atoms with van der Waals surface area (Å²) in [4.78, 5) is 32.7. The van der Waals surface area contributed by atoms with E-state index in [1.807, 2.05) is 25.1 Å². The minimum atomic E-state index is -0.288. The van der Waals surface area contributed by atoms with Crippen LogP contribution in [-0.2, 0) is 4.79 Å². The molecule has 2 aromatic heterocycles. The second-order valence-electron chi connectivity index (χ2n) is 4.68. The molecule has 0 radical (unpaired) electrons. The maximum Gasteiger partial charge on any atom is 0.263 e. The number of carbonyl (C=O) groups is 2. The number of rotatable bonds is 6. The van der Waals surface area contributed by atoms with Crippen LogP contribution in [-0.4, -0.2) is 34.9 Å². The third-order valence-corrected chi connectivity index (χ3v) is 4.05. The summed E-state index contributed by atoms with van der Waals surface area (Å²) in [6.45, 7) is 4.32. The Labute approximate surface area is 133 Å². The summed E-state index contributed by atoms with van der Waals surface area (Å²) < 4.78 is 0. The Morgan fingerprint density at radius 3 is 2.77 bits per heavy atom. The van der Waals surface area contributed by atoms with E-state index >= 15 is 0 Å². The fourth-order valence-corrected chi connectivity index (χ4v) is 2.73. The second-order valence-corrected chi connectivity index (χ2v) is 5.68. The van der Waals surface area contributed by atoms with Crippen molar-refractivity contribution in [3.05, 3.63) is 35.0 Å². The minimum absolute atomic E-state index is 0.0326. The number of pyridine rings is 1. The molecular formula is C15H18N4O2S. The van der Waals surface area contributed by atoms with Crippen molar-refractivity contribution in [3.8, 4) is 10.7 Å². The predicted molar refractivity (Wildman–Crippen MR) is 85.7 cm³/mol. The summed E-state index contributed by atoms with van der Waals surface area (Å²) in [5, 5.41) is 6.01. The first-order valence-corrected chi connectivity index (χ1v) is 7.87. The van der Waals surface area contributed by atoms with E-state index in [1.54, 1.807) is 13.1 Å². The zero-order valence-corrected chi connectivity index (χ0v) is 13.4. The van der Waals surface area contributed by atoms with Gasteiger partial charge in [0, 0.05) is 12.7 Å². The number of hydrogen-bond acceptors (Lipinski definition) is 5. The van der Waals surface area contributed by atoms with E-state index < -0.39 is 0 Å². The Bertz CT molecular complexity index is 655. The molecule has 0 fully saturated rings.